The molecule has 4 rings (SSSR count). The van der Waals surface area contributed by atoms with E-state index in [4.69, 9.17) is 4.74 Å². The molecule has 2 heterocycles. The number of hydrogen-bond donors (Lipinski definition) is 4. The van der Waals surface area contributed by atoms with Crippen LogP contribution < -0.4 is 16.0 Å². The van der Waals surface area contributed by atoms with Crippen molar-refractivity contribution in [3.63, 3.8) is 0 Å². The number of carbonyl (C=O) groups is 3. The summed E-state index contributed by atoms with van der Waals surface area (Å²) in [6.07, 6.45) is 0.900. The van der Waals surface area contributed by atoms with Crippen molar-refractivity contribution < 1.29 is 24.2 Å². The quantitative estimate of drug-likeness (QED) is 0.125. The standard InChI is InChI=1S/C35H44N6O5S2/c1-23(2)33-38-28(21-47-33)19-41(4)34(44)37-24(3)32(43)40-30(16-26-13-9-6-10-14-26)31(42)17-27(15-25-11-7-5-8-12-25)39-35(45)46-20-29-18-36-22-48-29/h5-14,18,21-24,27,30-31,42H,15-17,19-20H2,1-4H3,(H,37,44)(H,39,45)(H,40,43)/t24-,27-,30-,31-/m0/s1. The summed E-state index contributed by atoms with van der Waals surface area (Å²) >= 11 is 2.95. The summed E-state index contributed by atoms with van der Waals surface area (Å²) in [5.41, 5.74) is 4.34. The molecule has 0 spiro atoms. The first-order valence-corrected chi connectivity index (χ1v) is 17.7. The SMILES string of the molecule is CC(C)c1nc(CN(C)C(=O)N[C@@H](C)C(=O)N[C@@H](Cc2ccccc2)[C@@H](O)C[C@H](Cc2ccccc2)NC(=O)OCc2cncs2)cs1. The van der Waals surface area contributed by atoms with E-state index in [0.29, 0.717) is 25.3 Å². The van der Waals surface area contributed by atoms with E-state index in [1.54, 1.807) is 37.0 Å². The predicted molar refractivity (Wildman–Crippen MR) is 188 cm³/mol. The molecule has 0 aliphatic carbocycles. The van der Waals surface area contributed by atoms with Crippen LogP contribution in [0, 0.1) is 0 Å². The number of rotatable bonds is 16. The summed E-state index contributed by atoms with van der Waals surface area (Å²) in [5.74, 6) is -0.137. The zero-order valence-electron chi connectivity index (χ0n) is 27.7. The van der Waals surface area contributed by atoms with Gasteiger partial charge in [0.1, 0.15) is 12.6 Å². The van der Waals surface area contributed by atoms with Gasteiger partial charge in [-0.15, -0.1) is 22.7 Å². The van der Waals surface area contributed by atoms with Crippen molar-refractivity contribution in [3.05, 3.63) is 104 Å². The van der Waals surface area contributed by atoms with Crippen LogP contribution in [0.1, 0.15) is 59.8 Å². The molecule has 11 nitrogen and oxygen atoms in total. The van der Waals surface area contributed by atoms with E-state index in [1.165, 1.54) is 16.2 Å². The molecule has 0 aliphatic rings. The Morgan fingerprint density at radius 1 is 0.917 bits per heavy atom. The van der Waals surface area contributed by atoms with Crippen LogP contribution in [0.2, 0.25) is 0 Å². The Balaban J connectivity index is 1.41. The second kappa shape index (κ2) is 18.3. The Hall–Kier alpha value is -4.33. The molecule has 13 heteroatoms. The minimum Gasteiger partial charge on any atom is -0.444 e. The Morgan fingerprint density at radius 3 is 2.19 bits per heavy atom. The molecule has 0 radical (unpaired) electrons. The second-order valence-corrected chi connectivity index (χ2v) is 13.9. The number of aliphatic hydroxyl groups excluding tert-OH is 1. The molecule has 0 saturated heterocycles. The molecule has 4 N–H and O–H groups in total. The fraction of sp³-hybridized carbons (Fsp3) is 0.400. The van der Waals surface area contributed by atoms with Crippen LogP contribution in [-0.2, 0) is 35.5 Å². The number of aliphatic hydroxyl groups is 1. The topological polar surface area (TPSA) is 146 Å². The number of benzene rings is 2. The second-order valence-electron chi connectivity index (χ2n) is 12.0. The third kappa shape index (κ3) is 11.7. The molecular weight excluding hydrogens is 649 g/mol. The lowest BCUT2D eigenvalue weighted by Gasteiger charge is -2.29. The smallest absolute Gasteiger partial charge is 0.407 e. The minimum atomic E-state index is -1.05. The van der Waals surface area contributed by atoms with E-state index < -0.39 is 42.3 Å². The number of amides is 4. The Kier molecular flexibility index (Phi) is 13.9. The van der Waals surface area contributed by atoms with Gasteiger partial charge in [-0.2, -0.15) is 0 Å². The zero-order valence-corrected chi connectivity index (χ0v) is 29.3. The molecule has 2 aromatic heterocycles. The molecule has 256 valence electrons. The van der Waals surface area contributed by atoms with E-state index in [-0.39, 0.29) is 13.0 Å². The third-order valence-electron chi connectivity index (χ3n) is 7.63. The summed E-state index contributed by atoms with van der Waals surface area (Å²) in [6.45, 7) is 6.14. The number of thiazole rings is 2. The maximum atomic E-state index is 13.4. The van der Waals surface area contributed by atoms with Gasteiger partial charge in [0.25, 0.3) is 0 Å². The Morgan fingerprint density at radius 2 is 1.58 bits per heavy atom. The zero-order chi connectivity index (χ0) is 34.5. The van der Waals surface area contributed by atoms with Crippen LogP contribution in [0.4, 0.5) is 9.59 Å². The summed E-state index contributed by atoms with van der Waals surface area (Å²) in [4.78, 5) is 50.1. The van der Waals surface area contributed by atoms with Crippen molar-refractivity contribution in [2.24, 2.45) is 0 Å². The third-order valence-corrected chi connectivity index (χ3v) is 9.58. The average Bonchev–Trinajstić information content (AvgIpc) is 3.77. The maximum absolute atomic E-state index is 13.4. The first-order valence-electron chi connectivity index (χ1n) is 15.9. The van der Waals surface area contributed by atoms with Crippen LogP contribution >= 0.6 is 22.7 Å². The lowest BCUT2D eigenvalue weighted by Crippen LogP contribution is -2.54. The largest absolute Gasteiger partial charge is 0.444 e. The molecule has 4 aromatic rings. The number of urea groups is 1. The lowest BCUT2D eigenvalue weighted by molar-refractivity contribution is -0.124. The van der Waals surface area contributed by atoms with Crippen molar-refractivity contribution >= 4 is 40.7 Å². The normalized spacial score (nSPS) is 13.6. The van der Waals surface area contributed by atoms with Gasteiger partial charge in [0.15, 0.2) is 0 Å². The molecule has 0 fully saturated rings. The van der Waals surface area contributed by atoms with Gasteiger partial charge in [0, 0.05) is 30.6 Å². The Bertz CT molecular complexity index is 1570. The van der Waals surface area contributed by atoms with E-state index in [1.807, 2.05) is 66.0 Å². The van der Waals surface area contributed by atoms with E-state index in [0.717, 1.165) is 26.7 Å². The van der Waals surface area contributed by atoms with Gasteiger partial charge >= 0.3 is 12.1 Å². The van der Waals surface area contributed by atoms with Crippen LogP contribution in [-0.4, -0.2) is 69.3 Å². The Labute approximate surface area is 289 Å². The van der Waals surface area contributed by atoms with Crippen LogP contribution in [0.15, 0.2) is 77.8 Å². The average molecular weight is 693 g/mol. The van der Waals surface area contributed by atoms with Gasteiger partial charge in [-0.3, -0.25) is 9.78 Å². The first-order chi connectivity index (χ1) is 23.1. The van der Waals surface area contributed by atoms with E-state index >= 15 is 0 Å². The fourth-order valence-electron chi connectivity index (χ4n) is 5.00. The van der Waals surface area contributed by atoms with Gasteiger partial charge in [-0.05, 0) is 37.3 Å². The summed E-state index contributed by atoms with van der Waals surface area (Å²) in [7, 11) is 1.65. The first kappa shape index (κ1) is 36.5. The molecule has 0 aliphatic heterocycles. The molecule has 0 saturated carbocycles. The number of nitrogens with zero attached hydrogens (tertiary/aromatic N) is 3. The van der Waals surface area contributed by atoms with Crippen molar-refractivity contribution in [1.29, 1.82) is 0 Å². The van der Waals surface area contributed by atoms with Gasteiger partial charge in [-0.1, -0.05) is 74.5 Å². The lowest BCUT2D eigenvalue weighted by atomic mass is 9.93. The highest BCUT2D eigenvalue weighted by Gasteiger charge is 2.29. The van der Waals surface area contributed by atoms with Gasteiger partial charge in [0.2, 0.25) is 5.91 Å². The number of hydrogen-bond acceptors (Lipinski definition) is 9. The number of aromatic nitrogens is 2. The van der Waals surface area contributed by atoms with Crippen LogP contribution in [0.5, 0.6) is 0 Å². The fourth-order valence-corrected chi connectivity index (χ4v) is 6.33. The molecule has 2 aromatic carbocycles. The van der Waals surface area contributed by atoms with Crippen molar-refractivity contribution in [1.82, 2.24) is 30.8 Å². The highest BCUT2D eigenvalue weighted by Crippen LogP contribution is 2.20. The number of alkyl carbamates (subject to hydrolysis) is 1. The summed E-state index contributed by atoms with van der Waals surface area (Å²) < 4.78 is 5.42. The van der Waals surface area contributed by atoms with Crippen LogP contribution in [0.3, 0.4) is 0 Å². The van der Waals surface area contributed by atoms with E-state index in [9.17, 15) is 19.5 Å². The van der Waals surface area contributed by atoms with Gasteiger partial charge in [-0.25, -0.2) is 14.6 Å². The van der Waals surface area contributed by atoms with Crippen molar-refractivity contribution in [2.75, 3.05) is 7.05 Å². The molecule has 4 amide bonds. The molecular formula is C35H44N6O5S2. The minimum absolute atomic E-state index is 0.0886. The maximum Gasteiger partial charge on any atom is 0.407 e. The number of ether oxygens (including phenoxy) is 1. The molecule has 4 atom stereocenters. The number of carbonyl (C=O) groups excluding carboxylic acids is 3. The van der Waals surface area contributed by atoms with Crippen LogP contribution in [0.25, 0.3) is 0 Å². The summed E-state index contributed by atoms with van der Waals surface area (Å²) in [5, 5.41) is 23.2. The van der Waals surface area contributed by atoms with E-state index in [2.05, 4.69) is 39.8 Å². The highest BCUT2D eigenvalue weighted by molar-refractivity contribution is 7.09. The molecule has 0 unspecified atom stereocenters. The molecule has 0 bridgehead atoms. The molecule has 48 heavy (non-hydrogen) atoms. The number of nitrogens with one attached hydrogen (secondary N) is 3. The van der Waals surface area contributed by atoms with Gasteiger partial charge < -0.3 is 30.7 Å². The van der Waals surface area contributed by atoms with Gasteiger partial charge in [0.05, 0.1) is 39.8 Å². The van der Waals surface area contributed by atoms with Crippen molar-refractivity contribution in [2.45, 2.75) is 83.3 Å². The monoisotopic (exact) mass is 692 g/mol. The summed E-state index contributed by atoms with van der Waals surface area (Å²) in [6, 6.07) is 16.7. The highest BCUT2D eigenvalue weighted by atomic mass is 32.1. The van der Waals surface area contributed by atoms with Crippen molar-refractivity contribution in [3.8, 4) is 0 Å². The predicted octanol–water partition coefficient (Wildman–Crippen LogP) is 5.27.